The van der Waals surface area contributed by atoms with Gasteiger partial charge in [-0.25, -0.2) is 4.79 Å². The third-order valence-electron chi connectivity index (χ3n) is 2.90. The van der Waals surface area contributed by atoms with Crippen LogP contribution in [0, 0.1) is 5.92 Å². The number of nitrogens with one attached hydrogen (secondary N) is 2. The van der Waals surface area contributed by atoms with Crippen molar-refractivity contribution in [1.82, 2.24) is 10.6 Å². The topological polar surface area (TPSA) is 84.2 Å². The summed E-state index contributed by atoms with van der Waals surface area (Å²) in [5.41, 5.74) is 6.26. The Morgan fingerprint density at radius 2 is 1.85 bits per heavy atom. The van der Waals surface area contributed by atoms with Crippen LogP contribution >= 0.6 is 0 Å². The average Bonchev–Trinajstić information content (AvgIpc) is 2.38. The van der Waals surface area contributed by atoms with Crippen molar-refractivity contribution in [3.05, 3.63) is 35.9 Å². The van der Waals surface area contributed by atoms with Crippen LogP contribution in [0.3, 0.4) is 0 Å². The number of carbonyl (C=O) groups excluding carboxylic acids is 2. The highest BCUT2D eigenvalue weighted by molar-refractivity contribution is 5.86. The number of urea groups is 1. The summed E-state index contributed by atoms with van der Waals surface area (Å²) in [4.78, 5) is 22.9. The number of primary amides is 1. The van der Waals surface area contributed by atoms with Gasteiger partial charge >= 0.3 is 6.03 Å². The van der Waals surface area contributed by atoms with Crippen molar-refractivity contribution in [2.24, 2.45) is 11.7 Å². The summed E-state index contributed by atoms with van der Waals surface area (Å²) in [6, 6.07) is 8.68. The van der Waals surface area contributed by atoms with Crippen molar-refractivity contribution in [2.45, 2.75) is 32.7 Å². The van der Waals surface area contributed by atoms with Gasteiger partial charge in [0.2, 0.25) is 5.91 Å². The summed E-state index contributed by atoms with van der Waals surface area (Å²) < 4.78 is 0. The first-order valence-electron chi connectivity index (χ1n) is 6.86. The van der Waals surface area contributed by atoms with Gasteiger partial charge in [0.1, 0.15) is 6.04 Å². The van der Waals surface area contributed by atoms with Crippen LogP contribution in [0.1, 0.15) is 25.8 Å². The number of rotatable bonds is 7. The van der Waals surface area contributed by atoms with Crippen molar-refractivity contribution in [3.8, 4) is 0 Å². The number of hydrogen-bond donors (Lipinski definition) is 3. The number of benzene rings is 1. The highest BCUT2D eigenvalue weighted by Gasteiger charge is 2.20. The predicted octanol–water partition coefficient (Wildman–Crippen LogP) is 1.43. The molecule has 3 amide bonds. The Hall–Kier alpha value is -2.04. The number of hydrogen-bond acceptors (Lipinski definition) is 2. The molecule has 0 aliphatic heterocycles. The quantitative estimate of drug-likeness (QED) is 0.704. The standard InChI is InChI=1S/C15H23N3O2/c1-11(2)10-13(18-15(16)20)14(19)17-9-8-12-6-4-3-5-7-12/h3-7,11,13H,8-10H2,1-2H3,(H,17,19)(H3,16,18,20)/t13-/m0/s1. The Morgan fingerprint density at radius 3 is 2.40 bits per heavy atom. The van der Waals surface area contributed by atoms with Crippen molar-refractivity contribution in [3.63, 3.8) is 0 Å². The Morgan fingerprint density at radius 1 is 1.20 bits per heavy atom. The van der Waals surface area contributed by atoms with Crippen molar-refractivity contribution in [1.29, 1.82) is 0 Å². The highest BCUT2D eigenvalue weighted by atomic mass is 16.2. The fraction of sp³-hybridized carbons (Fsp3) is 0.467. The first-order chi connectivity index (χ1) is 9.49. The number of nitrogens with two attached hydrogens (primary N) is 1. The molecule has 0 heterocycles. The second kappa shape index (κ2) is 8.19. The third kappa shape index (κ3) is 6.22. The minimum Gasteiger partial charge on any atom is -0.354 e. The predicted molar refractivity (Wildman–Crippen MR) is 79.1 cm³/mol. The summed E-state index contributed by atoms with van der Waals surface area (Å²) in [7, 11) is 0. The average molecular weight is 277 g/mol. The molecule has 0 spiro atoms. The monoisotopic (exact) mass is 277 g/mol. The van der Waals surface area contributed by atoms with E-state index in [4.69, 9.17) is 5.73 Å². The molecule has 1 aromatic rings. The summed E-state index contributed by atoms with van der Waals surface area (Å²) in [6.07, 6.45) is 1.33. The minimum absolute atomic E-state index is 0.187. The second-order valence-corrected chi connectivity index (χ2v) is 5.22. The summed E-state index contributed by atoms with van der Waals surface area (Å²) >= 11 is 0. The van der Waals surface area contributed by atoms with Gasteiger partial charge in [-0.2, -0.15) is 0 Å². The van der Waals surface area contributed by atoms with Gasteiger partial charge in [0.15, 0.2) is 0 Å². The zero-order chi connectivity index (χ0) is 15.0. The molecule has 0 saturated carbocycles. The molecular formula is C15H23N3O2. The molecule has 1 aromatic carbocycles. The zero-order valence-corrected chi connectivity index (χ0v) is 12.1. The van der Waals surface area contributed by atoms with Crippen LogP contribution in [0.5, 0.6) is 0 Å². The molecule has 20 heavy (non-hydrogen) atoms. The molecular weight excluding hydrogens is 254 g/mol. The van der Waals surface area contributed by atoms with Crippen molar-refractivity contribution < 1.29 is 9.59 Å². The smallest absolute Gasteiger partial charge is 0.312 e. The molecule has 0 aliphatic carbocycles. The molecule has 0 saturated heterocycles. The van der Waals surface area contributed by atoms with Crippen molar-refractivity contribution in [2.75, 3.05) is 6.54 Å². The first kappa shape index (κ1) is 16.0. The third-order valence-corrected chi connectivity index (χ3v) is 2.90. The van der Waals surface area contributed by atoms with E-state index < -0.39 is 12.1 Å². The van der Waals surface area contributed by atoms with Crippen LogP contribution in [-0.4, -0.2) is 24.5 Å². The van der Waals surface area contributed by atoms with E-state index >= 15 is 0 Å². The van der Waals surface area contributed by atoms with Gasteiger partial charge in [-0.05, 0) is 24.3 Å². The fourth-order valence-electron chi connectivity index (χ4n) is 1.97. The van der Waals surface area contributed by atoms with Crippen LogP contribution < -0.4 is 16.4 Å². The first-order valence-corrected chi connectivity index (χ1v) is 6.86. The van der Waals surface area contributed by atoms with E-state index in [0.717, 1.165) is 12.0 Å². The molecule has 110 valence electrons. The molecule has 5 heteroatoms. The van der Waals surface area contributed by atoms with Gasteiger partial charge in [-0.15, -0.1) is 0 Å². The maximum absolute atomic E-state index is 12.0. The van der Waals surface area contributed by atoms with Gasteiger partial charge in [0.25, 0.3) is 0 Å². The Kier molecular flexibility index (Phi) is 6.56. The van der Waals surface area contributed by atoms with E-state index in [-0.39, 0.29) is 5.91 Å². The van der Waals surface area contributed by atoms with E-state index in [0.29, 0.717) is 18.9 Å². The van der Waals surface area contributed by atoms with Gasteiger partial charge < -0.3 is 16.4 Å². The number of amides is 3. The van der Waals surface area contributed by atoms with Crippen LogP contribution in [0.2, 0.25) is 0 Å². The van der Waals surface area contributed by atoms with Crippen LogP contribution in [-0.2, 0) is 11.2 Å². The molecule has 4 N–H and O–H groups in total. The molecule has 0 unspecified atom stereocenters. The number of carbonyl (C=O) groups is 2. The van der Waals surface area contributed by atoms with Gasteiger partial charge in [-0.1, -0.05) is 44.2 Å². The molecule has 0 aliphatic rings. The van der Waals surface area contributed by atoms with Crippen LogP contribution in [0.4, 0.5) is 4.79 Å². The molecule has 0 bridgehead atoms. The van der Waals surface area contributed by atoms with E-state index in [1.54, 1.807) is 0 Å². The van der Waals surface area contributed by atoms with Gasteiger partial charge in [0.05, 0.1) is 0 Å². The largest absolute Gasteiger partial charge is 0.354 e. The normalized spacial score (nSPS) is 11.9. The lowest BCUT2D eigenvalue weighted by Crippen LogP contribution is -2.49. The zero-order valence-electron chi connectivity index (χ0n) is 12.1. The molecule has 1 rings (SSSR count). The lowest BCUT2D eigenvalue weighted by Gasteiger charge is -2.19. The Labute approximate surface area is 119 Å². The van der Waals surface area contributed by atoms with E-state index in [2.05, 4.69) is 10.6 Å². The van der Waals surface area contributed by atoms with E-state index in [1.807, 2.05) is 44.2 Å². The van der Waals surface area contributed by atoms with Crippen molar-refractivity contribution >= 4 is 11.9 Å². The second-order valence-electron chi connectivity index (χ2n) is 5.22. The molecule has 1 atom stereocenters. The van der Waals surface area contributed by atoms with E-state index in [9.17, 15) is 9.59 Å². The molecule has 0 aromatic heterocycles. The lowest BCUT2D eigenvalue weighted by molar-refractivity contribution is -0.123. The summed E-state index contributed by atoms with van der Waals surface area (Å²) in [5.74, 6) is 0.111. The lowest BCUT2D eigenvalue weighted by atomic mass is 10.0. The Balaban J connectivity index is 2.43. The fourth-order valence-corrected chi connectivity index (χ4v) is 1.97. The van der Waals surface area contributed by atoms with E-state index in [1.165, 1.54) is 0 Å². The molecule has 0 fully saturated rings. The maximum Gasteiger partial charge on any atom is 0.312 e. The van der Waals surface area contributed by atoms with Crippen LogP contribution in [0.15, 0.2) is 30.3 Å². The molecule has 5 nitrogen and oxygen atoms in total. The van der Waals surface area contributed by atoms with Gasteiger partial charge in [-0.3, -0.25) is 4.79 Å². The highest BCUT2D eigenvalue weighted by Crippen LogP contribution is 2.05. The van der Waals surface area contributed by atoms with Gasteiger partial charge in [0, 0.05) is 6.54 Å². The SMILES string of the molecule is CC(C)C[C@H](NC(N)=O)C(=O)NCCc1ccccc1. The maximum atomic E-state index is 12.0. The minimum atomic E-state index is -0.672. The summed E-state index contributed by atoms with van der Waals surface area (Å²) in [6.45, 7) is 4.53. The summed E-state index contributed by atoms with van der Waals surface area (Å²) in [5, 5.41) is 5.32. The Bertz CT molecular complexity index is 432. The molecule has 0 radical (unpaired) electrons. The van der Waals surface area contributed by atoms with Crippen LogP contribution in [0.25, 0.3) is 0 Å².